The van der Waals surface area contributed by atoms with Crippen LogP contribution in [0.5, 0.6) is 0 Å². The summed E-state index contributed by atoms with van der Waals surface area (Å²) in [5.74, 6) is 0.946. The Morgan fingerprint density at radius 3 is 3.00 bits per heavy atom. The van der Waals surface area contributed by atoms with Gasteiger partial charge in [0.2, 0.25) is 5.89 Å². The summed E-state index contributed by atoms with van der Waals surface area (Å²) >= 11 is 0. The summed E-state index contributed by atoms with van der Waals surface area (Å²) < 4.78 is 6.89. The minimum Gasteiger partial charge on any atom is -0.337 e. The topological polar surface area (TPSA) is 95.7 Å². The van der Waals surface area contributed by atoms with Gasteiger partial charge in [-0.05, 0) is 12.1 Å². The number of hydrogen-bond acceptors (Lipinski definition) is 6. The maximum absolute atomic E-state index is 6.07. The summed E-state index contributed by atoms with van der Waals surface area (Å²) in [5, 5.41) is 8.01. The number of nitrogens with zero attached hydrogens (tertiary/aromatic N) is 5. The molecule has 2 N–H and O–H groups in total. The van der Waals surface area contributed by atoms with E-state index < -0.39 is 6.04 Å². The molecule has 3 rings (SSSR count). The third-order valence-electron chi connectivity index (χ3n) is 2.90. The van der Waals surface area contributed by atoms with Gasteiger partial charge in [0, 0.05) is 30.7 Å². The van der Waals surface area contributed by atoms with Gasteiger partial charge in [0.1, 0.15) is 6.04 Å². The van der Waals surface area contributed by atoms with Crippen molar-refractivity contribution in [3.05, 3.63) is 59.8 Å². The highest BCUT2D eigenvalue weighted by Crippen LogP contribution is 2.17. The lowest BCUT2D eigenvalue weighted by Gasteiger charge is -2.01. The first-order valence-corrected chi connectivity index (χ1v) is 6.19. The van der Waals surface area contributed by atoms with Gasteiger partial charge in [-0.1, -0.05) is 11.2 Å². The summed E-state index contributed by atoms with van der Waals surface area (Å²) in [5.41, 5.74) is 7.79. The maximum Gasteiger partial charge on any atom is 0.248 e. The molecule has 7 heteroatoms. The van der Waals surface area contributed by atoms with E-state index >= 15 is 0 Å². The summed E-state index contributed by atoms with van der Waals surface area (Å²) in [6, 6.07) is 5.24. The van der Waals surface area contributed by atoms with Crippen LogP contribution in [0.1, 0.15) is 29.0 Å². The zero-order valence-corrected chi connectivity index (χ0v) is 11.0. The van der Waals surface area contributed by atoms with Crippen LogP contribution >= 0.6 is 0 Å². The van der Waals surface area contributed by atoms with E-state index in [0.29, 0.717) is 18.1 Å². The third kappa shape index (κ3) is 2.57. The maximum atomic E-state index is 6.07. The first kappa shape index (κ1) is 12.5. The highest BCUT2D eigenvalue weighted by atomic mass is 16.5. The standard InChI is InChI=1S/C13H14N6O/c1-19-8-9(7-16-19)12(14)13-17-11(18-20-13)6-10-4-2-3-5-15-10/h2-5,7-8,12H,6,14H2,1H3. The second-order valence-corrected chi connectivity index (χ2v) is 4.47. The van der Waals surface area contributed by atoms with Crippen LogP contribution in [-0.2, 0) is 13.5 Å². The molecule has 1 atom stereocenters. The van der Waals surface area contributed by atoms with E-state index in [0.717, 1.165) is 11.3 Å². The van der Waals surface area contributed by atoms with E-state index in [1.807, 2.05) is 31.4 Å². The zero-order chi connectivity index (χ0) is 13.9. The lowest BCUT2D eigenvalue weighted by molar-refractivity contribution is 0.363. The Bertz CT molecular complexity index is 690. The molecule has 1 unspecified atom stereocenters. The molecule has 3 heterocycles. The van der Waals surface area contributed by atoms with E-state index in [-0.39, 0.29) is 0 Å². The molecule has 0 saturated heterocycles. The van der Waals surface area contributed by atoms with Gasteiger partial charge in [0.15, 0.2) is 5.82 Å². The summed E-state index contributed by atoms with van der Waals surface area (Å²) in [7, 11) is 1.83. The van der Waals surface area contributed by atoms with Crippen molar-refractivity contribution < 1.29 is 4.52 Å². The Labute approximate surface area is 115 Å². The second-order valence-electron chi connectivity index (χ2n) is 4.47. The minimum absolute atomic E-state index is 0.379. The van der Waals surface area contributed by atoms with Gasteiger partial charge in [-0.2, -0.15) is 10.1 Å². The molecule has 0 saturated carbocycles. The molecule has 3 aromatic heterocycles. The molecular weight excluding hydrogens is 256 g/mol. The zero-order valence-electron chi connectivity index (χ0n) is 11.0. The SMILES string of the molecule is Cn1cc(C(N)c2nc(Cc3ccccn3)no2)cn1. The molecule has 0 spiro atoms. The predicted molar refractivity (Wildman–Crippen MR) is 70.6 cm³/mol. The summed E-state index contributed by atoms with van der Waals surface area (Å²) in [4.78, 5) is 8.53. The molecule has 102 valence electrons. The molecule has 0 radical (unpaired) electrons. The Morgan fingerprint density at radius 1 is 1.40 bits per heavy atom. The lowest BCUT2D eigenvalue weighted by atomic mass is 10.2. The molecule has 0 aliphatic heterocycles. The largest absolute Gasteiger partial charge is 0.337 e. The summed E-state index contributed by atoms with van der Waals surface area (Å²) in [6.07, 6.45) is 5.77. The quantitative estimate of drug-likeness (QED) is 0.754. The van der Waals surface area contributed by atoms with Crippen LogP contribution in [0.25, 0.3) is 0 Å². The second kappa shape index (κ2) is 5.22. The molecule has 7 nitrogen and oxygen atoms in total. The van der Waals surface area contributed by atoms with E-state index in [1.54, 1.807) is 17.1 Å². The average Bonchev–Trinajstić information content (AvgIpc) is 3.08. The molecule has 0 fully saturated rings. The third-order valence-corrected chi connectivity index (χ3v) is 2.90. The van der Waals surface area contributed by atoms with Gasteiger partial charge in [-0.3, -0.25) is 9.67 Å². The van der Waals surface area contributed by atoms with Crippen molar-refractivity contribution in [3.8, 4) is 0 Å². The Hall–Kier alpha value is -2.54. The monoisotopic (exact) mass is 270 g/mol. The average molecular weight is 270 g/mol. The van der Waals surface area contributed by atoms with E-state index in [1.165, 1.54) is 0 Å². The molecule has 0 amide bonds. The molecule has 0 aromatic carbocycles. The van der Waals surface area contributed by atoms with Gasteiger partial charge in [-0.15, -0.1) is 0 Å². The molecule has 0 aliphatic carbocycles. The van der Waals surface area contributed by atoms with Crippen LogP contribution in [0, 0.1) is 0 Å². The van der Waals surface area contributed by atoms with Gasteiger partial charge in [0.05, 0.1) is 12.6 Å². The van der Waals surface area contributed by atoms with Crippen molar-refractivity contribution in [2.45, 2.75) is 12.5 Å². The molecule has 3 aromatic rings. The molecule has 0 aliphatic rings. The fourth-order valence-electron chi connectivity index (χ4n) is 1.87. The van der Waals surface area contributed by atoms with Crippen molar-refractivity contribution in [2.24, 2.45) is 12.8 Å². The van der Waals surface area contributed by atoms with Gasteiger partial charge in [0.25, 0.3) is 0 Å². The highest BCUT2D eigenvalue weighted by molar-refractivity contribution is 5.17. The Balaban J connectivity index is 1.76. The Morgan fingerprint density at radius 2 is 2.30 bits per heavy atom. The van der Waals surface area contributed by atoms with Crippen molar-refractivity contribution in [1.29, 1.82) is 0 Å². The fourth-order valence-corrected chi connectivity index (χ4v) is 1.87. The van der Waals surface area contributed by atoms with Crippen LogP contribution in [0.15, 0.2) is 41.3 Å². The van der Waals surface area contributed by atoms with E-state index in [9.17, 15) is 0 Å². The van der Waals surface area contributed by atoms with Crippen LogP contribution in [0.3, 0.4) is 0 Å². The van der Waals surface area contributed by atoms with Crippen molar-refractivity contribution in [3.63, 3.8) is 0 Å². The van der Waals surface area contributed by atoms with Crippen LogP contribution < -0.4 is 5.73 Å². The number of aromatic nitrogens is 5. The molecule has 20 heavy (non-hydrogen) atoms. The van der Waals surface area contributed by atoms with E-state index in [4.69, 9.17) is 10.3 Å². The Kier molecular flexibility index (Phi) is 3.26. The van der Waals surface area contributed by atoms with Crippen LogP contribution in [0.2, 0.25) is 0 Å². The van der Waals surface area contributed by atoms with Crippen molar-refractivity contribution in [1.82, 2.24) is 24.9 Å². The van der Waals surface area contributed by atoms with E-state index in [2.05, 4.69) is 20.2 Å². The smallest absolute Gasteiger partial charge is 0.248 e. The number of aryl methyl sites for hydroxylation is 1. The first-order chi connectivity index (χ1) is 9.72. The number of hydrogen-bond donors (Lipinski definition) is 1. The minimum atomic E-state index is -0.464. The lowest BCUT2D eigenvalue weighted by Crippen LogP contribution is -2.11. The van der Waals surface area contributed by atoms with Gasteiger partial charge in [-0.25, -0.2) is 0 Å². The molecule has 0 bridgehead atoms. The predicted octanol–water partition coefficient (Wildman–Crippen LogP) is 0.837. The molecular formula is C13H14N6O. The van der Waals surface area contributed by atoms with Gasteiger partial charge >= 0.3 is 0 Å². The number of pyridine rings is 1. The fraction of sp³-hybridized carbons (Fsp3) is 0.231. The number of nitrogens with two attached hydrogens (primary N) is 1. The van der Waals surface area contributed by atoms with Crippen molar-refractivity contribution in [2.75, 3.05) is 0 Å². The van der Waals surface area contributed by atoms with Gasteiger partial charge < -0.3 is 10.3 Å². The van der Waals surface area contributed by atoms with Crippen molar-refractivity contribution >= 4 is 0 Å². The van der Waals surface area contributed by atoms with Crippen LogP contribution in [0.4, 0.5) is 0 Å². The van der Waals surface area contributed by atoms with Crippen LogP contribution in [-0.4, -0.2) is 24.9 Å². The highest BCUT2D eigenvalue weighted by Gasteiger charge is 2.18. The normalized spacial score (nSPS) is 12.5. The number of rotatable bonds is 4. The summed E-state index contributed by atoms with van der Waals surface area (Å²) in [6.45, 7) is 0. The first-order valence-electron chi connectivity index (χ1n) is 6.19.